The van der Waals surface area contributed by atoms with E-state index in [9.17, 15) is 4.79 Å². The SMILES string of the molecule is COC(=O)CCCSC1CCCC1N. The molecule has 0 aromatic heterocycles. The van der Waals surface area contributed by atoms with Crippen LogP contribution in [-0.4, -0.2) is 30.1 Å². The second-order valence-corrected chi connectivity index (χ2v) is 5.03. The van der Waals surface area contributed by atoms with Crippen LogP contribution >= 0.6 is 11.8 Å². The molecule has 14 heavy (non-hydrogen) atoms. The minimum absolute atomic E-state index is 0.110. The van der Waals surface area contributed by atoms with E-state index in [1.54, 1.807) is 0 Å². The summed E-state index contributed by atoms with van der Waals surface area (Å²) >= 11 is 1.91. The van der Waals surface area contributed by atoms with E-state index in [2.05, 4.69) is 4.74 Å². The van der Waals surface area contributed by atoms with Crippen molar-refractivity contribution in [2.45, 2.75) is 43.4 Å². The summed E-state index contributed by atoms with van der Waals surface area (Å²) in [5.41, 5.74) is 5.93. The Morgan fingerprint density at radius 3 is 2.93 bits per heavy atom. The zero-order chi connectivity index (χ0) is 10.4. The van der Waals surface area contributed by atoms with Crippen molar-refractivity contribution in [3.05, 3.63) is 0 Å². The lowest BCUT2D eigenvalue weighted by Gasteiger charge is -2.13. The molecule has 0 spiro atoms. The highest BCUT2D eigenvalue weighted by Gasteiger charge is 2.23. The zero-order valence-electron chi connectivity index (χ0n) is 8.70. The first kappa shape index (κ1) is 11.9. The summed E-state index contributed by atoms with van der Waals surface area (Å²) in [6, 6.07) is 0.373. The van der Waals surface area contributed by atoms with E-state index in [0.717, 1.165) is 18.6 Å². The molecular formula is C10H19NO2S. The van der Waals surface area contributed by atoms with E-state index in [1.807, 2.05) is 11.8 Å². The second kappa shape index (κ2) is 6.30. The van der Waals surface area contributed by atoms with Gasteiger partial charge in [0.2, 0.25) is 0 Å². The molecule has 0 radical (unpaired) electrons. The van der Waals surface area contributed by atoms with Crippen LogP contribution in [0.3, 0.4) is 0 Å². The normalized spacial score (nSPS) is 26.4. The molecule has 1 saturated carbocycles. The maximum Gasteiger partial charge on any atom is 0.305 e. The molecule has 1 fully saturated rings. The molecule has 4 heteroatoms. The van der Waals surface area contributed by atoms with Crippen molar-refractivity contribution in [3.63, 3.8) is 0 Å². The van der Waals surface area contributed by atoms with Crippen LogP contribution in [0.25, 0.3) is 0 Å². The van der Waals surface area contributed by atoms with Crippen LogP contribution < -0.4 is 5.73 Å². The lowest BCUT2D eigenvalue weighted by atomic mass is 10.3. The number of carbonyl (C=O) groups is 1. The fourth-order valence-electron chi connectivity index (χ4n) is 1.71. The van der Waals surface area contributed by atoms with Crippen molar-refractivity contribution in [1.82, 2.24) is 0 Å². The predicted molar refractivity (Wildman–Crippen MR) is 59.3 cm³/mol. The third-order valence-electron chi connectivity index (χ3n) is 2.59. The van der Waals surface area contributed by atoms with Crippen LogP contribution in [0.15, 0.2) is 0 Å². The lowest BCUT2D eigenvalue weighted by Crippen LogP contribution is -2.26. The van der Waals surface area contributed by atoms with Crippen molar-refractivity contribution in [2.75, 3.05) is 12.9 Å². The first-order valence-electron chi connectivity index (χ1n) is 5.18. The highest BCUT2D eigenvalue weighted by atomic mass is 32.2. The Kier molecular flexibility index (Phi) is 5.33. The van der Waals surface area contributed by atoms with Crippen molar-refractivity contribution in [3.8, 4) is 0 Å². The standard InChI is InChI=1S/C10H19NO2S/c1-13-10(12)6-3-7-14-9-5-2-4-8(9)11/h8-9H,2-7,11H2,1H3. The maximum atomic E-state index is 10.8. The van der Waals surface area contributed by atoms with Gasteiger partial charge in [0.25, 0.3) is 0 Å². The van der Waals surface area contributed by atoms with Crippen molar-refractivity contribution in [2.24, 2.45) is 5.73 Å². The molecule has 1 rings (SSSR count). The van der Waals surface area contributed by atoms with Gasteiger partial charge in [0.15, 0.2) is 0 Å². The van der Waals surface area contributed by atoms with E-state index >= 15 is 0 Å². The van der Waals surface area contributed by atoms with Crippen molar-refractivity contribution >= 4 is 17.7 Å². The number of esters is 1. The van der Waals surface area contributed by atoms with E-state index in [4.69, 9.17) is 5.73 Å². The quantitative estimate of drug-likeness (QED) is 0.561. The fraction of sp³-hybridized carbons (Fsp3) is 0.900. The maximum absolute atomic E-state index is 10.8. The third-order valence-corrected chi connectivity index (χ3v) is 4.13. The third kappa shape index (κ3) is 3.88. The smallest absolute Gasteiger partial charge is 0.305 e. The first-order valence-corrected chi connectivity index (χ1v) is 6.23. The van der Waals surface area contributed by atoms with Gasteiger partial charge in [-0.3, -0.25) is 4.79 Å². The summed E-state index contributed by atoms with van der Waals surface area (Å²) in [4.78, 5) is 10.8. The molecule has 0 amide bonds. The molecule has 0 aromatic carbocycles. The first-order chi connectivity index (χ1) is 6.74. The van der Waals surface area contributed by atoms with E-state index < -0.39 is 0 Å². The fourth-order valence-corrected chi connectivity index (χ4v) is 3.05. The van der Waals surface area contributed by atoms with Gasteiger partial charge in [0, 0.05) is 17.7 Å². The molecule has 3 nitrogen and oxygen atoms in total. The number of methoxy groups -OCH3 is 1. The molecule has 0 aliphatic heterocycles. The van der Waals surface area contributed by atoms with Gasteiger partial charge < -0.3 is 10.5 Å². The summed E-state index contributed by atoms with van der Waals surface area (Å²) in [6.07, 6.45) is 5.10. The molecule has 1 aliphatic rings. The summed E-state index contributed by atoms with van der Waals surface area (Å²) < 4.78 is 4.57. The van der Waals surface area contributed by atoms with Gasteiger partial charge in [-0.05, 0) is 25.0 Å². The summed E-state index contributed by atoms with van der Waals surface area (Å²) in [5, 5.41) is 0.618. The average Bonchev–Trinajstić information content (AvgIpc) is 2.58. The zero-order valence-corrected chi connectivity index (χ0v) is 9.52. The predicted octanol–water partition coefficient (Wildman–Crippen LogP) is 1.55. The van der Waals surface area contributed by atoms with Crippen LogP contribution in [0, 0.1) is 0 Å². The second-order valence-electron chi connectivity index (χ2n) is 3.68. The Labute approximate surface area is 89.8 Å². The highest BCUT2D eigenvalue weighted by Crippen LogP contribution is 2.29. The van der Waals surface area contributed by atoms with Crippen LogP contribution in [0.5, 0.6) is 0 Å². The number of nitrogens with two attached hydrogens (primary N) is 1. The van der Waals surface area contributed by atoms with Gasteiger partial charge >= 0.3 is 5.97 Å². The van der Waals surface area contributed by atoms with E-state index in [-0.39, 0.29) is 5.97 Å². The molecule has 1 aliphatic carbocycles. The monoisotopic (exact) mass is 217 g/mol. The Morgan fingerprint density at radius 1 is 1.57 bits per heavy atom. The van der Waals surface area contributed by atoms with Crippen LogP contribution in [0.1, 0.15) is 32.1 Å². The molecule has 82 valence electrons. The molecule has 0 aromatic rings. The average molecular weight is 217 g/mol. The van der Waals surface area contributed by atoms with Gasteiger partial charge in [-0.25, -0.2) is 0 Å². The van der Waals surface area contributed by atoms with Crippen LogP contribution in [-0.2, 0) is 9.53 Å². The largest absolute Gasteiger partial charge is 0.469 e. The molecule has 2 N–H and O–H groups in total. The number of hydrogen-bond donors (Lipinski definition) is 1. The van der Waals surface area contributed by atoms with Gasteiger partial charge in [-0.15, -0.1) is 0 Å². The Bertz CT molecular complexity index is 187. The molecule has 0 saturated heterocycles. The lowest BCUT2D eigenvalue weighted by molar-refractivity contribution is -0.140. The van der Waals surface area contributed by atoms with Crippen molar-refractivity contribution < 1.29 is 9.53 Å². The van der Waals surface area contributed by atoms with Gasteiger partial charge in [-0.2, -0.15) is 11.8 Å². The highest BCUT2D eigenvalue weighted by molar-refractivity contribution is 7.99. The molecule has 2 atom stereocenters. The number of ether oxygens (including phenoxy) is 1. The number of rotatable bonds is 5. The summed E-state index contributed by atoms with van der Waals surface area (Å²) in [5.74, 6) is 0.911. The topological polar surface area (TPSA) is 52.3 Å². The van der Waals surface area contributed by atoms with Crippen LogP contribution in [0.2, 0.25) is 0 Å². The van der Waals surface area contributed by atoms with Gasteiger partial charge in [-0.1, -0.05) is 6.42 Å². The molecule has 0 bridgehead atoms. The van der Waals surface area contributed by atoms with E-state index in [1.165, 1.54) is 20.0 Å². The number of hydrogen-bond acceptors (Lipinski definition) is 4. The Hall–Kier alpha value is -0.220. The molecular weight excluding hydrogens is 198 g/mol. The summed E-state index contributed by atoms with van der Waals surface area (Å²) in [7, 11) is 1.43. The van der Waals surface area contributed by atoms with Gasteiger partial charge in [0.1, 0.15) is 0 Å². The molecule has 0 heterocycles. The Morgan fingerprint density at radius 2 is 2.36 bits per heavy atom. The Balaban J connectivity index is 2.01. The van der Waals surface area contributed by atoms with Gasteiger partial charge in [0.05, 0.1) is 7.11 Å². The number of thioether (sulfide) groups is 1. The van der Waals surface area contributed by atoms with Crippen LogP contribution in [0.4, 0.5) is 0 Å². The minimum atomic E-state index is -0.110. The molecule has 2 unspecified atom stereocenters. The number of carbonyl (C=O) groups excluding carboxylic acids is 1. The van der Waals surface area contributed by atoms with Crippen molar-refractivity contribution in [1.29, 1.82) is 0 Å². The minimum Gasteiger partial charge on any atom is -0.469 e. The summed E-state index contributed by atoms with van der Waals surface area (Å²) in [6.45, 7) is 0. The van der Waals surface area contributed by atoms with E-state index in [0.29, 0.717) is 17.7 Å².